The van der Waals surface area contributed by atoms with Crippen LogP contribution in [0.4, 0.5) is 0 Å². The van der Waals surface area contributed by atoms with Crippen LogP contribution in [0.5, 0.6) is 0 Å². The number of aliphatic imine (C=N–C) groups is 1. The summed E-state index contributed by atoms with van der Waals surface area (Å²) in [6, 6.07) is 0. The Hall–Kier alpha value is -0.880. The van der Waals surface area contributed by atoms with Crippen molar-refractivity contribution in [2.45, 2.75) is 31.1 Å². The van der Waals surface area contributed by atoms with Gasteiger partial charge < -0.3 is 15.2 Å². The molecule has 0 amide bonds. The van der Waals surface area contributed by atoms with E-state index in [2.05, 4.69) is 25.1 Å². The minimum atomic E-state index is -0.869. The van der Waals surface area contributed by atoms with Gasteiger partial charge in [-0.2, -0.15) is 0 Å². The van der Waals surface area contributed by atoms with Crippen LogP contribution in [0.15, 0.2) is 41.8 Å². The highest BCUT2D eigenvalue weighted by molar-refractivity contribution is 8.02. The summed E-state index contributed by atoms with van der Waals surface area (Å²) in [5, 5.41) is 1.92. The van der Waals surface area contributed by atoms with Gasteiger partial charge in [0.2, 0.25) is 5.79 Å². The van der Waals surface area contributed by atoms with Crippen LogP contribution in [0, 0.1) is 0 Å². The zero-order chi connectivity index (χ0) is 14.1. The smallest absolute Gasteiger partial charge is 0.212 e. The van der Waals surface area contributed by atoms with E-state index in [9.17, 15) is 0 Å². The summed E-state index contributed by atoms with van der Waals surface area (Å²) in [5.41, 5.74) is 6.26. The second-order valence-electron chi connectivity index (χ2n) is 4.05. The monoisotopic (exact) mass is 282 g/mol. The highest BCUT2D eigenvalue weighted by Gasteiger charge is 2.37. The summed E-state index contributed by atoms with van der Waals surface area (Å²) in [4.78, 5) is 4.43. The average Bonchev–Trinajstić information content (AvgIpc) is 2.42. The molecule has 0 saturated carbocycles. The zero-order valence-corrected chi connectivity index (χ0v) is 12.2. The number of hydrogen-bond donors (Lipinski definition) is 1. The fourth-order valence-corrected chi connectivity index (χ4v) is 2.34. The molecule has 1 heterocycles. The summed E-state index contributed by atoms with van der Waals surface area (Å²) in [5.74, 6) is -0.869. The van der Waals surface area contributed by atoms with Gasteiger partial charge in [0.25, 0.3) is 0 Å². The van der Waals surface area contributed by atoms with E-state index in [1.165, 1.54) is 11.8 Å². The predicted molar refractivity (Wildman–Crippen MR) is 82.1 cm³/mol. The Morgan fingerprint density at radius 2 is 2.05 bits per heavy atom. The number of nitrogens with zero attached hydrogens (tertiary/aromatic N) is 1. The van der Waals surface area contributed by atoms with Crippen molar-refractivity contribution in [3.8, 4) is 0 Å². The van der Waals surface area contributed by atoms with Crippen molar-refractivity contribution < 1.29 is 9.47 Å². The molecule has 1 unspecified atom stereocenters. The van der Waals surface area contributed by atoms with E-state index in [0.717, 1.165) is 12.1 Å². The molecule has 2 N–H and O–H groups in total. The molecule has 4 nitrogen and oxygen atoms in total. The Morgan fingerprint density at radius 1 is 1.42 bits per heavy atom. The highest BCUT2D eigenvalue weighted by Crippen LogP contribution is 2.28. The first-order chi connectivity index (χ1) is 9.18. The molecule has 106 valence electrons. The lowest BCUT2D eigenvalue weighted by Crippen LogP contribution is -2.45. The van der Waals surface area contributed by atoms with Crippen molar-refractivity contribution >= 4 is 17.5 Å². The maximum Gasteiger partial charge on any atom is 0.212 e. The molecular weight excluding hydrogens is 260 g/mol. The molecule has 0 aromatic carbocycles. The van der Waals surface area contributed by atoms with E-state index in [1.807, 2.05) is 11.5 Å². The molecule has 5 heteroatoms. The van der Waals surface area contributed by atoms with Crippen LogP contribution in [0.2, 0.25) is 0 Å². The molecule has 0 aromatic rings. The first-order valence-electron chi connectivity index (χ1n) is 6.34. The van der Waals surface area contributed by atoms with Gasteiger partial charge in [0.1, 0.15) is 5.50 Å². The lowest BCUT2D eigenvalue weighted by Gasteiger charge is -2.34. The van der Waals surface area contributed by atoms with Crippen LogP contribution in [0.1, 0.15) is 19.8 Å². The van der Waals surface area contributed by atoms with Gasteiger partial charge in [-0.1, -0.05) is 37.3 Å². The molecule has 1 atom stereocenters. The molecule has 0 aromatic heterocycles. The van der Waals surface area contributed by atoms with E-state index in [-0.39, 0.29) is 5.50 Å². The van der Waals surface area contributed by atoms with Crippen LogP contribution in [-0.4, -0.2) is 30.2 Å². The molecule has 0 spiro atoms. The van der Waals surface area contributed by atoms with Gasteiger partial charge >= 0.3 is 0 Å². The molecule has 1 aliphatic rings. The number of ether oxygens (including phenoxy) is 2. The number of nitrogens with two attached hydrogens (primary N) is 1. The number of thioether (sulfide) groups is 1. The molecule has 19 heavy (non-hydrogen) atoms. The zero-order valence-electron chi connectivity index (χ0n) is 11.4. The quantitative estimate of drug-likeness (QED) is 0.522. The lowest BCUT2D eigenvalue weighted by atomic mass is 10.0. The van der Waals surface area contributed by atoms with Crippen molar-refractivity contribution in [1.82, 2.24) is 0 Å². The van der Waals surface area contributed by atoms with Gasteiger partial charge in [-0.3, -0.25) is 4.99 Å². The third-order valence-electron chi connectivity index (χ3n) is 2.55. The van der Waals surface area contributed by atoms with Crippen LogP contribution in [0.25, 0.3) is 0 Å². The van der Waals surface area contributed by atoms with Crippen molar-refractivity contribution in [3.63, 3.8) is 0 Å². The maximum absolute atomic E-state index is 5.87. The largest absolute Gasteiger partial charge is 0.340 e. The van der Waals surface area contributed by atoms with E-state index in [0.29, 0.717) is 19.6 Å². The molecule has 0 saturated heterocycles. The van der Waals surface area contributed by atoms with E-state index in [4.69, 9.17) is 15.2 Å². The van der Waals surface area contributed by atoms with Gasteiger partial charge in [-0.15, -0.1) is 13.2 Å². The Kier molecular flexibility index (Phi) is 7.09. The summed E-state index contributed by atoms with van der Waals surface area (Å²) in [7, 11) is 0. The van der Waals surface area contributed by atoms with Crippen LogP contribution >= 0.6 is 11.8 Å². The molecule has 0 radical (unpaired) electrons. The molecule has 1 rings (SSSR count). The van der Waals surface area contributed by atoms with E-state index < -0.39 is 5.79 Å². The Labute approximate surface area is 119 Å². The third kappa shape index (κ3) is 4.62. The first-order valence-corrected chi connectivity index (χ1v) is 7.28. The molecule has 0 bridgehead atoms. The molecule has 1 aliphatic heterocycles. The molecular formula is C14H22N2O2S. The SMILES string of the molecule is C=CCOC(CCC)(OCC=C)C1=NC(N)SC=C1. The standard InChI is InChI=1S/C14H22N2O2S/c1-4-8-14(17-9-5-2,18-10-6-3)12-7-11-19-13(15)16-12/h5-7,11,13H,2-4,8-10,15H2,1H3. The molecule has 0 aliphatic carbocycles. The van der Waals surface area contributed by atoms with Gasteiger partial charge in [-0.05, 0) is 11.5 Å². The highest BCUT2D eigenvalue weighted by atomic mass is 32.2. The van der Waals surface area contributed by atoms with Gasteiger partial charge in [0.05, 0.1) is 18.9 Å². The fourth-order valence-electron chi connectivity index (χ4n) is 1.80. The van der Waals surface area contributed by atoms with Gasteiger partial charge in [0.15, 0.2) is 0 Å². The normalized spacial score (nSPS) is 19.1. The number of hydrogen-bond acceptors (Lipinski definition) is 5. The van der Waals surface area contributed by atoms with Crippen LogP contribution < -0.4 is 5.73 Å². The third-order valence-corrected chi connectivity index (χ3v) is 3.23. The van der Waals surface area contributed by atoms with Crippen molar-refractivity contribution in [1.29, 1.82) is 0 Å². The minimum absolute atomic E-state index is 0.309. The Balaban J connectivity index is 3.00. The lowest BCUT2D eigenvalue weighted by molar-refractivity contribution is -0.179. The summed E-state index contributed by atoms with van der Waals surface area (Å²) in [6.45, 7) is 10.2. The van der Waals surface area contributed by atoms with Gasteiger partial charge in [0, 0.05) is 6.42 Å². The molecule has 0 fully saturated rings. The topological polar surface area (TPSA) is 56.8 Å². The van der Waals surface area contributed by atoms with Crippen LogP contribution in [0.3, 0.4) is 0 Å². The fraction of sp³-hybridized carbons (Fsp3) is 0.500. The summed E-state index contributed by atoms with van der Waals surface area (Å²) >= 11 is 1.46. The Morgan fingerprint density at radius 3 is 2.53 bits per heavy atom. The minimum Gasteiger partial charge on any atom is -0.340 e. The maximum atomic E-state index is 5.87. The van der Waals surface area contributed by atoms with Crippen molar-refractivity contribution in [2.75, 3.05) is 13.2 Å². The second kappa shape index (κ2) is 8.32. The van der Waals surface area contributed by atoms with Crippen molar-refractivity contribution in [2.24, 2.45) is 10.7 Å². The van der Waals surface area contributed by atoms with Crippen molar-refractivity contribution in [3.05, 3.63) is 36.8 Å². The van der Waals surface area contributed by atoms with Crippen LogP contribution in [-0.2, 0) is 9.47 Å². The first kappa shape index (κ1) is 16.2. The Bertz CT molecular complexity index is 354. The second-order valence-corrected chi connectivity index (χ2v) is 5.07. The summed E-state index contributed by atoms with van der Waals surface area (Å²) < 4.78 is 11.7. The predicted octanol–water partition coefficient (Wildman–Crippen LogP) is 2.83. The van der Waals surface area contributed by atoms with Gasteiger partial charge in [-0.25, -0.2) is 0 Å². The average molecular weight is 282 g/mol. The summed E-state index contributed by atoms with van der Waals surface area (Å²) in [6.07, 6.45) is 6.90. The number of rotatable bonds is 9. The van der Waals surface area contributed by atoms with E-state index in [1.54, 1.807) is 12.2 Å². The van der Waals surface area contributed by atoms with E-state index >= 15 is 0 Å².